The molecule has 0 aliphatic carbocycles. The summed E-state index contributed by atoms with van der Waals surface area (Å²) in [4.78, 5) is 4.21. The Balaban J connectivity index is 0.00000364. The molecule has 0 aliphatic heterocycles. The van der Waals surface area contributed by atoms with E-state index in [0.717, 1.165) is 36.8 Å². The third-order valence-electron chi connectivity index (χ3n) is 3.72. The third-order valence-corrected chi connectivity index (χ3v) is 3.72. The van der Waals surface area contributed by atoms with Gasteiger partial charge in [0.1, 0.15) is 5.75 Å². The number of guanidine groups is 1. The predicted molar refractivity (Wildman–Crippen MR) is 120 cm³/mol. The normalized spacial score (nSPS) is 10.7. The van der Waals surface area contributed by atoms with Crippen LogP contribution < -0.4 is 20.1 Å². The van der Waals surface area contributed by atoms with E-state index in [2.05, 4.69) is 15.6 Å². The van der Waals surface area contributed by atoms with Crippen LogP contribution in [0.4, 0.5) is 0 Å². The van der Waals surface area contributed by atoms with Crippen molar-refractivity contribution in [3.8, 4) is 17.2 Å². The Morgan fingerprint density at radius 1 is 0.963 bits per heavy atom. The van der Waals surface area contributed by atoms with E-state index in [0.29, 0.717) is 18.0 Å². The summed E-state index contributed by atoms with van der Waals surface area (Å²) < 4.78 is 16.2. The summed E-state index contributed by atoms with van der Waals surface area (Å²) in [5.74, 6) is 2.94. The van der Waals surface area contributed by atoms with Crippen LogP contribution in [0.2, 0.25) is 0 Å². The van der Waals surface area contributed by atoms with Crippen LogP contribution in [0.5, 0.6) is 17.2 Å². The fourth-order valence-electron chi connectivity index (χ4n) is 2.34. The van der Waals surface area contributed by atoms with Gasteiger partial charge in [0.2, 0.25) is 0 Å². The lowest BCUT2D eigenvalue weighted by Crippen LogP contribution is -2.37. The number of methoxy groups -OCH3 is 2. The van der Waals surface area contributed by atoms with Crippen LogP contribution in [0.3, 0.4) is 0 Å². The van der Waals surface area contributed by atoms with Gasteiger partial charge in [-0.1, -0.05) is 24.3 Å². The number of nitrogens with one attached hydrogen (secondary N) is 2. The van der Waals surface area contributed by atoms with Crippen LogP contribution in [-0.2, 0) is 11.3 Å². The summed E-state index contributed by atoms with van der Waals surface area (Å²) in [5.41, 5.74) is 1.14. The molecule has 0 saturated heterocycles. The smallest absolute Gasteiger partial charge is 0.191 e. The highest BCUT2D eigenvalue weighted by Gasteiger charge is 2.04. The van der Waals surface area contributed by atoms with Crippen molar-refractivity contribution in [1.29, 1.82) is 0 Å². The highest BCUT2D eigenvalue weighted by atomic mass is 127. The van der Waals surface area contributed by atoms with Crippen LogP contribution in [0.1, 0.15) is 12.0 Å². The second-order valence-electron chi connectivity index (χ2n) is 5.60. The first-order valence-corrected chi connectivity index (χ1v) is 8.60. The van der Waals surface area contributed by atoms with Crippen LogP contribution in [0.15, 0.2) is 53.5 Å². The Morgan fingerprint density at radius 3 is 2.30 bits per heavy atom. The average molecular weight is 485 g/mol. The van der Waals surface area contributed by atoms with Crippen molar-refractivity contribution in [1.82, 2.24) is 10.6 Å². The van der Waals surface area contributed by atoms with Crippen LogP contribution >= 0.6 is 24.0 Å². The summed E-state index contributed by atoms with van der Waals surface area (Å²) in [6.45, 7) is 2.23. The number of ether oxygens (including phenoxy) is 3. The van der Waals surface area contributed by atoms with Gasteiger partial charge in [0, 0.05) is 33.9 Å². The van der Waals surface area contributed by atoms with Crippen molar-refractivity contribution in [2.45, 2.75) is 13.0 Å². The van der Waals surface area contributed by atoms with Crippen molar-refractivity contribution < 1.29 is 14.2 Å². The lowest BCUT2D eigenvalue weighted by molar-refractivity contribution is 0.195. The maximum absolute atomic E-state index is 5.88. The van der Waals surface area contributed by atoms with Gasteiger partial charge in [0.05, 0.1) is 7.11 Å². The van der Waals surface area contributed by atoms with Crippen LogP contribution in [0, 0.1) is 0 Å². The molecule has 0 spiro atoms. The van der Waals surface area contributed by atoms with Crippen molar-refractivity contribution in [2.24, 2.45) is 4.99 Å². The molecule has 0 amide bonds. The number of para-hydroxylation sites is 2. The predicted octanol–water partition coefficient (Wildman–Crippen LogP) is 3.81. The highest BCUT2D eigenvalue weighted by Crippen LogP contribution is 2.30. The Bertz CT molecular complexity index is 693. The molecule has 0 aromatic heterocycles. The molecule has 2 N–H and O–H groups in total. The Labute approximate surface area is 178 Å². The number of benzene rings is 2. The zero-order valence-electron chi connectivity index (χ0n) is 16.0. The largest absolute Gasteiger partial charge is 0.493 e. The molecule has 0 saturated carbocycles. The molecule has 2 aromatic rings. The van der Waals surface area contributed by atoms with Crippen LogP contribution in [-0.4, -0.2) is 40.4 Å². The minimum absolute atomic E-state index is 0. The maximum Gasteiger partial charge on any atom is 0.191 e. The summed E-state index contributed by atoms with van der Waals surface area (Å²) in [7, 11) is 5.09. The Morgan fingerprint density at radius 2 is 1.67 bits per heavy atom. The van der Waals surface area contributed by atoms with Gasteiger partial charge < -0.3 is 24.8 Å². The standard InChI is InChI=1S/C20H27N3O3.HI/c1-21-20(22-13-6-14-24-2)23-15-16-9-11-17(12-10-16)26-19-8-5-4-7-18(19)25-3;/h4-5,7-12H,6,13-15H2,1-3H3,(H2,21,22,23);1H. The number of aliphatic imine (C=N–C) groups is 1. The first kappa shape index (κ1) is 23.0. The summed E-state index contributed by atoms with van der Waals surface area (Å²) in [6, 6.07) is 15.5. The molecule has 2 rings (SSSR count). The molecule has 0 aliphatic rings. The topological polar surface area (TPSA) is 64.1 Å². The van der Waals surface area contributed by atoms with Gasteiger partial charge in [0.15, 0.2) is 17.5 Å². The number of nitrogens with zero attached hydrogens (tertiary/aromatic N) is 1. The van der Waals surface area contributed by atoms with E-state index in [4.69, 9.17) is 14.2 Å². The minimum Gasteiger partial charge on any atom is -0.493 e. The molecular formula is C20H28IN3O3. The fraction of sp³-hybridized carbons (Fsp3) is 0.350. The van der Waals surface area contributed by atoms with Crippen LogP contribution in [0.25, 0.3) is 0 Å². The Kier molecular flexibility index (Phi) is 11.3. The molecular weight excluding hydrogens is 457 g/mol. The summed E-state index contributed by atoms with van der Waals surface area (Å²) in [5, 5.41) is 6.54. The number of hydrogen-bond acceptors (Lipinski definition) is 4. The maximum atomic E-state index is 5.88. The fourth-order valence-corrected chi connectivity index (χ4v) is 2.34. The van der Waals surface area contributed by atoms with Crippen molar-refractivity contribution in [3.63, 3.8) is 0 Å². The third kappa shape index (κ3) is 8.04. The molecule has 2 aromatic carbocycles. The van der Waals surface area contributed by atoms with Gasteiger partial charge in [-0.25, -0.2) is 0 Å². The lowest BCUT2D eigenvalue weighted by atomic mass is 10.2. The lowest BCUT2D eigenvalue weighted by Gasteiger charge is -2.13. The van der Waals surface area contributed by atoms with E-state index >= 15 is 0 Å². The SMILES string of the molecule is CN=C(NCCCOC)NCc1ccc(Oc2ccccc2OC)cc1.I. The van der Waals surface area contributed by atoms with Gasteiger partial charge in [-0.15, -0.1) is 24.0 Å². The van der Waals surface area contributed by atoms with Gasteiger partial charge in [-0.2, -0.15) is 0 Å². The molecule has 0 atom stereocenters. The molecule has 27 heavy (non-hydrogen) atoms. The first-order valence-electron chi connectivity index (χ1n) is 8.60. The first-order chi connectivity index (χ1) is 12.8. The zero-order chi connectivity index (χ0) is 18.6. The summed E-state index contributed by atoms with van der Waals surface area (Å²) >= 11 is 0. The van der Waals surface area contributed by atoms with E-state index in [-0.39, 0.29) is 24.0 Å². The molecule has 0 bridgehead atoms. The van der Waals surface area contributed by atoms with E-state index in [1.807, 2.05) is 48.5 Å². The van der Waals surface area contributed by atoms with Gasteiger partial charge >= 0.3 is 0 Å². The zero-order valence-corrected chi connectivity index (χ0v) is 18.4. The Hall–Kier alpha value is -2.00. The molecule has 0 radical (unpaired) electrons. The number of halogens is 1. The second-order valence-corrected chi connectivity index (χ2v) is 5.60. The van der Waals surface area contributed by atoms with Crippen molar-refractivity contribution in [3.05, 3.63) is 54.1 Å². The molecule has 0 unspecified atom stereocenters. The number of rotatable bonds is 9. The molecule has 148 valence electrons. The van der Waals surface area contributed by atoms with Gasteiger partial charge in [0.25, 0.3) is 0 Å². The van der Waals surface area contributed by atoms with E-state index < -0.39 is 0 Å². The van der Waals surface area contributed by atoms with Gasteiger partial charge in [-0.3, -0.25) is 4.99 Å². The van der Waals surface area contributed by atoms with E-state index in [1.165, 1.54) is 0 Å². The van der Waals surface area contributed by atoms with Crippen molar-refractivity contribution >= 4 is 29.9 Å². The minimum atomic E-state index is 0. The highest BCUT2D eigenvalue weighted by molar-refractivity contribution is 14.0. The summed E-state index contributed by atoms with van der Waals surface area (Å²) in [6.07, 6.45) is 0.937. The molecule has 7 heteroatoms. The second kappa shape index (κ2) is 13.2. The molecule has 0 fully saturated rings. The van der Waals surface area contributed by atoms with E-state index in [9.17, 15) is 0 Å². The van der Waals surface area contributed by atoms with Crippen molar-refractivity contribution in [2.75, 3.05) is 34.4 Å². The quantitative estimate of drug-likeness (QED) is 0.245. The molecule has 6 nitrogen and oxygen atoms in total. The number of hydrogen-bond donors (Lipinski definition) is 2. The average Bonchev–Trinajstić information content (AvgIpc) is 2.69. The monoisotopic (exact) mass is 485 g/mol. The molecule has 0 heterocycles. The van der Waals surface area contributed by atoms with Gasteiger partial charge in [-0.05, 0) is 36.2 Å². The van der Waals surface area contributed by atoms with E-state index in [1.54, 1.807) is 21.3 Å².